The maximum atomic E-state index is 12.6. The molecule has 142 valence electrons. The van der Waals surface area contributed by atoms with Crippen molar-refractivity contribution < 1.29 is 14.0 Å². The minimum Gasteiger partial charge on any atom is -0.459 e. The summed E-state index contributed by atoms with van der Waals surface area (Å²) in [5, 5.41) is 2.72. The molecule has 0 radical (unpaired) electrons. The number of nitrogens with zero attached hydrogens (tertiary/aromatic N) is 1. The lowest BCUT2D eigenvalue weighted by atomic mass is 10.1. The summed E-state index contributed by atoms with van der Waals surface area (Å²) < 4.78 is 5.14. The molecule has 2 heterocycles. The fourth-order valence-electron chi connectivity index (χ4n) is 3.25. The molecule has 1 N–H and O–H groups in total. The molecule has 3 aromatic rings. The first kappa shape index (κ1) is 18.4. The highest BCUT2D eigenvalue weighted by atomic mass is 32.2. The third kappa shape index (κ3) is 3.68. The predicted octanol–water partition coefficient (Wildman–Crippen LogP) is 4.87. The van der Waals surface area contributed by atoms with Gasteiger partial charge in [-0.15, -0.1) is 11.8 Å². The quantitative estimate of drug-likeness (QED) is 0.673. The monoisotopic (exact) mass is 392 g/mol. The predicted molar refractivity (Wildman–Crippen MR) is 112 cm³/mol. The number of furan rings is 1. The number of aryl methyl sites for hydroxylation is 1. The van der Waals surface area contributed by atoms with Crippen molar-refractivity contribution >= 4 is 35.0 Å². The Hall–Kier alpha value is -2.99. The van der Waals surface area contributed by atoms with E-state index in [0.717, 1.165) is 17.7 Å². The number of carbonyl (C=O) groups excluding carboxylic acids is 2. The first-order chi connectivity index (χ1) is 13.7. The van der Waals surface area contributed by atoms with Gasteiger partial charge in [0, 0.05) is 11.4 Å². The van der Waals surface area contributed by atoms with Gasteiger partial charge < -0.3 is 9.73 Å². The average Bonchev–Trinajstić information content (AvgIpc) is 3.38. The highest BCUT2D eigenvalue weighted by Crippen LogP contribution is 2.42. The number of benzene rings is 2. The molecule has 1 aliphatic heterocycles. The van der Waals surface area contributed by atoms with Crippen LogP contribution in [0.1, 0.15) is 34.0 Å². The van der Waals surface area contributed by atoms with Crippen LogP contribution >= 0.6 is 11.8 Å². The van der Waals surface area contributed by atoms with Crippen LogP contribution in [0.2, 0.25) is 0 Å². The van der Waals surface area contributed by atoms with Gasteiger partial charge in [-0.3, -0.25) is 14.5 Å². The van der Waals surface area contributed by atoms with Gasteiger partial charge in [-0.05, 0) is 53.9 Å². The largest absolute Gasteiger partial charge is 0.459 e. The molecule has 4 rings (SSSR count). The highest BCUT2D eigenvalue weighted by molar-refractivity contribution is 8.00. The molecule has 0 aliphatic carbocycles. The van der Waals surface area contributed by atoms with E-state index in [9.17, 15) is 9.59 Å². The van der Waals surface area contributed by atoms with Crippen molar-refractivity contribution in [2.45, 2.75) is 18.7 Å². The second kappa shape index (κ2) is 7.94. The van der Waals surface area contributed by atoms with Crippen LogP contribution in [0.25, 0.3) is 0 Å². The Morgan fingerprint density at radius 3 is 2.82 bits per heavy atom. The zero-order chi connectivity index (χ0) is 19.5. The molecule has 2 aromatic carbocycles. The summed E-state index contributed by atoms with van der Waals surface area (Å²) in [5.74, 6) is 0.483. The molecular formula is C22H20N2O3S. The van der Waals surface area contributed by atoms with Crippen LogP contribution in [0.5, 0.6) is 0 Å². The number of carbonyl (C=O) groups is 2. The minimum atomic E-state index is -0.301. The van der Waals surface area contributed by atoms with Crippen molar-refractivity contribution in [3.63, 3.8) is 0 Å². The molecule has 6 heteroatoms. The van der Waals surface area contributed by atoms with Crippen LogP contribution < -0.4 is 10.2 Å². The molecule has 1 aliphatic rings. The molecule has 1 atom stereocenters. The summed E-state index contributed by atoms with van der Waals surface area (Å²) in [5.41, 5.74) is 3.74. The van der Waals surface area contributed by atoms with Crippen molar-refractivity contribution in [1.29, 1.82) is 0 Å². The zero-order valence-electron chi connectivity index (χ0n) is 15.4. The molecule has 1 saturated heterocycles. The first-order valence-corrected chi connectivity index (χ1v) is 10.2. The van der Waals surface area contributed by atoms with Crippen LogP contribution in [0.4, 0.5) is 11.4 Å². The third-order valence-corrected chi connectivity index (χ3v) is 5.85. The molecule has 2 amide bonds. The van der Waals surface area contributed by atoms with Gasteiger partial charge in [0.2, 0.25) is 5.91 Å². The van der Waals surface area contributed by atoms with E-state index in [4.69, 9.17) is 4.42 Å². The summed E-state index contributed by atoms with van der Waals surface area (Å²) >= 11 is 1.59. The fraction of sp³-hybridized carbons (Fsp3) is 0.182. The summed E-state index contributed by atoms with van der Waals surface area (Å²) in [4.78, 5) is 26.7. The van der Waals surface area contributed by atoms with E-state index in [1.807, 2.05) is 41.3 Å². The number of anilines is 2. The number of rotatable bonds is 5. The van der Waals surface area contributed by atoms with E-state index in [1.165, 1.54) is 11.8 Å². The third-order valence-electron chi connectivity index (χ3n) is 4.64. The Kier molecular flexibility index (Phi) is 5.21. The van der Waals surface area contributed by atoms with E-state index in [2.05, 4.69) is 24.4 Å². The normalized spacial score (nSPS) is 16.4. The van der Waals surface area contributed by atoms with E-state index in [0.29, 0.717) is 11.4 Å². The number of thioether (sulfide) groups is 1. The summed E-state index contributed by atoms with van der Waals surface area (Å²) in [6.45, 7) is 2.10. The Labute approximate surface area is 167 Å². The Bertz CT molecular complexity index is 1000. The van der Waals surface area contributed by atoms with Crippen LogP contribution in [-0.4, -0.2) is 17.6 Å². The van der Waals surface area contributed by atoms with E-state index < -0.39 is 0 Å². The summed E-state index contributed by atoms with van der Waals surface area (Å²) in [7, 11) is 0. The molecular weight excluding hydrogens is 372 g/mol. The van der Waals surface area contributed by atoms with Gasteiger partial charge in [-0.25, -0.2) is 0 Å². The Morgan fingerprint density at radius 1 is 1.18 bits per heavy atom. The Morgan fingerprint density at radius 2 is 2.04 bits per heavy atom. The number of nitrogens with one attached hydrogen (secondary N) is 1. The molecule has 0 saturated carbocycles. The Balaban J connectivity index is 1.60. The van der Waals surface area contributed by atoms with Crippen LogP contribution in [0, 0.1) is 0 Å². The van der Waals surface area contributed by atoms with Crippen molar-refractivity contribution in [2.75, 3.05) is 16.0 Å². The molecule has 1 aromatic heterocycles. The lowest BCUT2D eigenvalue weighted by Crippen LogP contribution is -2.28. The minimum absolute atomic E-state index is 0.0910. The molecule has 0 bridgehead atoms. The van der Waals surface area contributed by atoms with E-state index in [1.54, 1.807) is 23.9 Å². The second-order valence-corrected chi connectivity index (χ2v) is 7.58. The smallest absolute Gasteiger partial charge is 0.291 e. The molecule has 5 nitrogen and oxygen atoms in total. The molecule has 0 unspecified atom stereocenters. The van der Waals surface area contributed by atoms with Gasteiger partial charge in [-0.2, -0.15) is 0 Å². The second-order valence-electron chi connectivity index (χ2n) is 6.51. The topological polar surface area (TPSA) is 62.6 Å². The van der Waals surface area contributed by atoms with Crippen LogP contribution in [0.15, 0.2) is 71.3 Å². The van der Waals surface area contributed by atoms with Crippen molar-refractivity contribution in [3.05, 3.63) is 83.8 Å². The van der Waals surface area contributed by atoms with E-state index in [-0.39, 0.29) is 22.9 Å². The summed E-state index contributed by atoms with van der Waals surface area (Å²) in [6, 6.07) is 19.0. The molecule has 28 heavy (non-hydrogen) atoms. The van der Waals surface area contributed by atoms with Gasteiger partial charge in [-0.1, -0.05) is 31.2 Å². The van der Waals surface area contributed by atoms with Gasteiger partial charge >= 0.3 is 0 Å². The lowest BCUT2D eigenvalue weighted by molar-refractivity contribution is -0.115. The van der Waals surface area contributed by atoms with Gasteiger partial charge in [0.1, 0.15) is 5.37 Å². The van der Waals surface area contributed by atoms with Crippen LogP contribution in [0.3, 0.4) is 0 Å². The first-order valence-electron chi connectivity index (χ1n) is 9.13. The van der Waals surface area contributed by atoms with Gasteiger partial charge in [0.15, 0.2) is 5.76 Å². The maximum Gasteiger partial charge on any atom is 0.291 e. The van der Waals surface area contributed by atoms with Crippen molar-refractivity contribution in [2.24, 2.45) is 0 Å². The van der Waals surface area contributed by atoms with Gasteiger partial charge in [0.05, 0.1) is 12.0 Å². The lowest BCUT2D eigenvalue weighted by Gasteiger charge is -2.25. The van der Waals surface area contributed by atoms with Crippen molar-refractivity contribution in [3.8, 4) is 0 Å². The number of hydrogen-bond donors (Lipinski definition) is 1. The van der Waals surface area contributed by atoms with Crippen molar-refractivity contribution in [1.82, 2.24) is 0 Å². The maximum absolute atomic E-state index is 12.6. The SMILES string of the molecule is CCc1cccc(N2C(=O)CS[C@@H]2c2cccc(NC(=O)c3ccco3)c2)c1. The standard InChI is InChI=1S/C22H20N2O3S/c1-2-15-6-3-9-18(12-15)24-20(25)14-28-22(24)16-7-4-8-17(13-16)23-21(26)19-10-5-11-27-19/h3-13,22H,2,14H2,1H3,(H,23,26)/t22-/m1/s1. The van der Waals surface area contributed by atoms with Gasteiger partial charge in [0.25, 0.3) is 5.91 Å². The van der Waals surface area contributed by atoms with E-state index >= 15 is 0 Å². The summed E-state index contributed by atoms with van der Waals surface area (Å²) in [6.07, 6.45) is 2.39. The highest BCUT2D eigenvalue weighted by Gasteiger charge is 2.34. The zero-order valence-corrected chi connectivity index (χ0v) is 16.2. The number of amides is 2. The molecule has 0 spiro atoms. The number of hydrogen-bond acceptors (Lipinski definition) is 4. The fourth-order valence-corrected chi connectivity index (χ4v) is 4.41. The molecule has 1 fully saturated rings. The average molecular weight is 392 g/mol. The van der Waals surface area contributed by atoms with Crippen LogP contribution in [-0.2, 0) is 11.2 Å².